The van der Waals surface area contributed by atoms with Crippen LogP contribution in [0.15, 0.2) is 256 Å². The molecule has 21 rings (SSSR count). The molecule has 11 aromatic carbocycles. The van der Waals surface area contributed by atoms with Crippen LogP contribution in [0.2, 0.25) is 30.1 Å². The first-order valence-electron chi connectivity index (χ1n) is 47.1. The van der Waals surface area contributed by atoms with E-state index in [1.54, 1.807) is 120 Å². The van der Waals surface area contributed by atoms with Crippen LogP contribution in [0.3, 0.4) is 0 Å². The maximum Gasteiger partial charge on any atom is 0.414 e. The molecule has 5 saturated heterocycles. The van der Waals surface area contributed by atoms with Gasteiger partial charge in [-0.15, -0.1) is 0 Å². The molecule has 10 heterocycles. The number of anilines is 5. The highest BCUT2D eigenvalue weighted by molar-refractivity contribution is 7.90. The third-order valence-electron chi connectivity index (χ3n) is 27.3. The minimum absolute atomic E-state index is 0.0682. The number of sulfonamides is 5. The monoisotopic (exact) mass is 2170 g/mol. The number of nitrogens with zero attached hydrogens (tertiary/aromatic N) is 10. The number of hydrogen-bond acceptors (Lipinski definition) is 20. The summed E-state index contributed by atoms with van der Waals surface area (Å²) in [7, 11) is -18.1. The van der Waals surface area contributed by atoms with Crippen LogP contribution < -0.4 is 24.5 Å². The molecule has 0 unspecified atom stereocenters. The normalized spacial score (nSPS) is 18.5. The molecule has 0 N–H and O–H groups in total. The van der Waals surface area contributed by atoms with Gasteiger partial charge in [0.1, 0.15) is 52.6 Å². The van der Waals surface area contributed by atoms with Crippen molar-refractivity contribution < 1.29 is 89.7 Å². The van der Waals surface area contributed by atoms with Crippen molar-refractivity contribution >= 4 is 189 Å². The van der Waals surface area contributed by atoms with Crippen molar-refractivity contribution in [3.05, 3.63) is 311 Å². The van der Waals surface area contributed by atoms with Crippen LogP contribution in [0.1, 0.15) is 109 Å². The van der Waals surface area contributed by atoms with Crippen LogP contribution in [0.25, 0.3) is 10.8 Å². The number of ether oxygens (including phenoxy) is 5. The zero-order chi connectivity index (χ0) is 102. The molecule has 10 aliphatic rings. The van der Waals surface area contributed by atoms with Gasteiger partial charge in [0.05, 0.1) is 54.3 Å². The number of rotatable bonds is 17. The Labute approximate surface area is 867 Å². The number of para-hydroxylation sites is 2. The third-order valence-corrected chi connectivity index (χ3v) is 39.2. The Balaban J connectivity index is 0.000000124. The highest BCUT2D eigenvalue weighted by Crippen LogP contribution is 2.43. The number of cyclic esters (lactones) is 5. The van der Waals surface area contributed by atoms with Crippen molar-refractivity contribution in [1.29, 1.82) is 0 Å². The fraction of sp³-hybridized carbons (Fsp3) is 0.330. The molecule has 0 atom stereocenters. The lowest BCUT2D eigenvalue weighted by Gasteiger charge is -2.40. The summed E-state index contributed by atoms with van der Waals surface area (Å²) in [4.78, 5) is 71.0. The van der Waals surface area contributed by atoms with E-state index >= 15 is 0 Å². The van der Waals surface area contributed by atoms with Gasteiger partial charge < -0.3 is 23.7 Å². The fourth-order valence-corrected chi connectivity index (χ4v) is 29.7. The molecule has 11 aromatic rings. The molecule has 41 heteroatoms. The second kappa shape index (κ2) is 44.9. The molecule has 10 aliphatic heterocycles. The zero-order valence-electron chi connectivity index (χ0n) is 78.4. The van der Waals surface area contributed by atoms with Gasteiger partial charge in [0.25, 0.3) is 0 Å². The van der Waals surface area contributed by atoms with Gasteiger partial charge in [0.2, 0.25) is 50.1 Å². The largest absolute Gasteiger partial charge is 0.444 e. The molecule has 0 saturated carbocycles. The van der Waals surface area contributed by atoms with Crippen LogP contribution in [0, 0.1) is 13.8 Å². The number of benzene rings is 11. The van der Waals surface area contributed by atoms with E-state index in [2.05, 4.69) is 0 Å². The predicted molar refractivity (Wildman–Crippen MR) is 554 cm³/mol. The maximum atomic E-state index is 13.1. The standard InChI is InChI=1S/C25H25ClN2O4S.2C20H21ClN2O4S.C19H18Cl2N2O4S.C19H19ClN2O4S/c26-21-8-9-24-20(16-21)17-32-25(29)28(24)22-10-13-27(14-11-22)33(30,31)15-12-19-6-3-5-18-4-1-2-7-23(18)19;1-14-5-4-6-15-13-27-20(24)23(19(14)15)16-9-11-22(12-10-16)28(25,26)18-8-3-2-7-17(18)21;1-14-6-7-18-15(12-14)13-27-20(24)23(18)16-8-10-22(11-9-16)28(25,26)19-5-3-2-4-17(19)21;20-14-5-6-17-13(11-14)12-27-19(24)23(17)15-7-9-22(10-8-15)28(25,26)18-4-2-1-3-16(18)21;20-16-6-2-4-8-18(16)27(24,25)21-11-9-15(10-12-21)22-17-7-3-1-5-14(17)13-26-19(22)23/h1-9,16,22H,10-15,17H2;2-8,16H,9-13H2,1H3;2-7,12,16H,8-11,13H2,1H3;1-6,11,15H,7-10,12H2;1-8,15H,9-13H2. The number of hydrogen-bond donors (Lipinski definition) is 0. The summed E-state index contributed by atoms with van der Waals surface area (Å²) in [6.45, 7) is 8.47. The first-order valence-corrected chi connectivity index (χ1v) is 56.7. The Morgan fingerprint density at radius 3 is 0.972 bits per heavy atom. The van der Waals surface area contributed by atoms with E-state index in [9.17, 15) is 66.1 Å². The van der Waals surface area contributed by atoms with E-state index in [-0.39, 0.29) is 133 Å². The van der Waals surface area contributed by atoms with Gasteiger partial charge in [-0.25, -0.2) is 70.4 Å². The molecule has 0 spiro atoms. The highest BCUT2D eigenvalue weighted by Gasteiger charge is 2.45. The van der Waals surface area contributed by atoms with Crippen molar-refractivity contribution in [3.8, 4) is 0 Å². The van der Waals surface area contributed by atoms with Crippen molar-refractivity contribution in [3.63, 3.8) is 0 Å². The van der Waals surface area contributed by atoms with E-state index < -0.39 is 56.2 Å². The SMILES string of the molecule is Cc1ccc2c(c1)COC(=O)N2C1CCN(S(=O)(=O)c2ccccc2Cl)CC1.Cc1cccc2c1N(C1CCN(S(=O)(=O)c3ccccc3Cl)CC1)C(=O)OC2.O=C1OCc2cc(Cl)ccc2N1C1CCN(S(=O)(=O)CCc2cccc3ccccc23)CC1.O=C1OCc2cc(Cl)ccc2N1C1CCN(S(=O)(=O)c2ccccc2Cl)CC1.O=C1OCc2ccccc2N1C1CCN(S(=O)(=O)c2ccccc2Cl)CC1. The van der Waals surface area contributed by atoms with Gasteiger partial charge >= 0.3 is 30.5 Å². The van der Waals surface area contributed by atoms with Crippen LogP contribution in [0.5, 0.6) is 0 Å². The fourth-order valence-electron chi connectivity index (χ4n) is 20.0. The molecule has 30 nitrogen and oxygen atoms in total. The number of halogens is 6. The maximum absolute atomic E-state index is 13.1. The topological polar surface area (TPSA) is 335 Å². The molecule has 5 fully saturated rings. The number of carbonyl (C=O) groups excluding carboxylic acids is 5. The third kappa shape index (κ3) is 22.7. The second-order valence-electron chi connectivity index (χ2n) is 36.1. The summed E-state index contributed by atoms with van der Waals surface area (Å²) < 4.78 is 163. The Morgan fingerprint density at radius 1 is 0.285 bits per heavy atom. The van der Waals surface area contributed by atoms with Crippen molar-refractivity contribution in [2.24, 2.45) is 0 Å². The summed E-state index contributed by atoms with van der Waals surface area (Å²) in [5.41, 5.74) is 12.0. The molecule has 5 amide bonds. The Bertz CT molecular complexity index is 7140. The summed E-state index contributed by atoms with van der Waals surface area (Å²) in [6.07, 6.45) is 3.88. The first-order chi connectivity index (χ1) is 69.0. The average Bonchev–Trinajstić information content (AvgIpc) is 0.784. The molecular formula is C103H104Cl6N10O20S5. The Kier molecular flexibility index (Phi) is 32.7. The van der Waals surface area contributed by atoms with Crippen molar-refractivity contribution in [2.45, 2.75) is 167 Å². The predicted octanol–water partition coefficient (Wildman–Crippen LogP) is 20.9. The molecular weight excluding hydrogens is 2070 g/mol. The summed E-state index contributed by atoms with van der Waals surface area (Å²) >= 11 is 36.5. The number of piperidine rings is 5. The lowest BCUT2D eigenvalue weighted by atomic mass is 10.00. The van der Waals surface area contributed by atoms with E-state index in [0.717, 1.165) is 83.7 Å². The second-order valence-corrected chi connectivity index (χ2v) is 48.3. The summed E-state index contributed by atoms with van der Waals surface area (Å²) in [5, 5.41) is 4.24. The number of aryl methyl sites for hydroxylation is 3. The van der Waals surface area contributed by atoms with Crippen LogP contribution in [-0.2, 0) is 113 Å². The van der Waals surface area contributed by atoms with Gasteiger partial charge in [-0.05, 0) is 203 Å². The number of carbonyl (C=O) groups is 5. The van der Waals surface area contributed by atoms with Gasteiger partial charge in [-0.2, -0.15) is 17.2 Å². The molecule has 758 valence electrons. The van der Waals surface area contributed by atoms with E-state index in [4.69, 9.17) is 93.3 Å². The first kappa shape index (κ1) is 105. The molecule has 0 aromatic heterocycles. The summed E-state index contributed by atoms with van der Waals surface area (Å²) in [6, 6.07) is 69.4. The number of fused-ring (bicyclic) bond motifs is 6. The van der Waals surface area contributed by atoms with Gasteiger partial charge in [-0.3, -0.25) is 24.5 Å². The Hall–Kier alpha value is -10.7. The molecule has 144 heavy (non-hydrogen) atoms. The lowest BCUT2D eigenvalue weighted by molar-refractivity contribution is 0.135. The van der Waals surface area contributed by atoms with Crippen molar-refractivity contribution in [2.75, 3.05) is 95.7 Å². The van der Waals surface area contributed by atoms with Crippen LogP contribution in [-0.4, -0.2) is 195 Å². The molecule has 0 radical (unpaired) electrons. The molecule has 0 bridgehead atoms. The lowest BCUT2D eigenvalue weighted by Crippen LogP contribution is -2.50. The van der Waals surface area contributed by atoms with Crippen molar-refractivity contribution in [1.82, 2.24) is 21.5 Å². The number of amides is 5. The smallest absolute Gasteiger partial charge is 0.414 e. The van der Waals surface area contributed by atoms with Gasteiger partial charge in [-0.1, -0.05) is 215 Å². The van der Waals surface area contributed by atoms with Gasteiger partial charge in [0.15, 0.2) is 0 Å². The quantitative estimate of drug-likeness (QED) is 0.0764. The summed E-state index contributed by atoms with van der Waals surface area (Å²) in [5.74, 6) is 0.0682. The van der Waals surface area contributed by atoms with E-state index in [1.165, 1.54) is 41.5 Å². The van der Waals surface area contributed by atoms with Gasteiger partial charge in [0, 0.05) is 134 Å². The zero-order valence-corrected chi connectivity index (χ0v) is 87.1. The van der Waals surface area contributed by atoms with Crippen LogP contribution in [0.4, 0.5) is 52.4 Å². The molecule has 0 aliphatic carbocycles. The average molecular weight is 2180 g/mol. The minimum Gasteiger partial charge on any atom is -0.444 e. The highest BCUT2D eigenvalue weighted by atomic mass is 35.5. The van der Waals surface area contributed by atoms with E-state index in [0.29, 0.717) is 146 Å². The minimum atomic E-state index is -3.68. The van der Waals surface area contributed by atoms with Crippen LogP contribution >= 0.6 is 69.6 Å². The Morgan fingerprint density at radius 2 is 0.576 bits per heavy atom. The van der Waals surface area contributed by atoms with E-state index in [1.807, 2.05) is 135 Å².